The molecular formula is C11H12ClNO6S. The number of nitro benzene ring substituents is 1. The highest BCUT2D eigenvalue weighted by Crippen LogP contribution is 2.25. The summed E-state index contributed by atoms with van der Waals surface area (Å²) in [6, 6.07) is 3.60. The molecule has 1 atom stereocenters. The molecule has 0 amide bonds. The molecule has 0 heterocycles. The molecule has 0 spiro atoms. The monoisotopic (exact) mass is 321 g/mol. The van der Waals surface area contributed by atoms with Crippen molar-refractivity contribution in [1.82, 2.24) is 0 Å². The fourth-order valence-electron chi connectivity index (χ4n) is 1.60. The van der Waals surface area contributed by atoms with Crippen LogP contribution in [0.25, 0.3) is 0 Å². The number of hydrogen-bond acceptors (Lipinski definition) is 5. The highest BCUT2D eigenvalue weighted by atomic mass is 35.5. The van der Waals surface area contributed by atoms with Crippen molar-refractivity contribution in [2.75, 3.05) is 5.75 Å². The predicted octanol–water partition coefficient (Wildman–Crippen LogP) is 1.88. The summed E-state index contributed by atoms with van der Waals surface area (Å²) in [5.41, 5.74) is -0.416. The van der Waals surface area contributed by atoms with Crippen molar-refractivity contribution in [3.8, 4) is 0 Å². The maximum Gasteiger partial charge on any atom is 0.307 e. The normalized spacial score (nSPS) is 12.9. The van der Waals surface area contributed by atoms with Crippen molar-refractivity contribution in [3.05, 3.63) is 38.9 Å². The Hall–Kier alpha value is -1.67. The molecular weight excluding hydrogens is 310 g/mol. The molecule has 1 N–H and O–H groups in total. The van der Waals surface area contributed by atoms with Crippen molar-refractivity contribution >= 4 is 33.1 Å². The number of rotatable bonds is 6. The standard InChI is InChI=1S/C11H12ClNO6S/c1-7(11(14)15)5-20(18,19)6-8-4-9(12)2-3-10(8)13(16)17/h2-4,7H,5-6H2,1H3,(H,14,15). The van der Waals surface area contributed by atoms with E-state index in [-0.39, 0.29) is 16.3 Å². The molecule has 0 saturated carbocycles. The van der Waals surface area contributed by atoms with Gasteiger partial charge in [-0.15, -0.1) is 0 Å². The Kier molecular flexibility index (Phi) is 5.07. The lowest BCUT2D eigenvalue weighted by Crippen LogP contribution is -2.22. The van der Waals surface area contributed by atoms with Crippen LogP contribution in [0.1, 0.15) is 12.5 Å². The largest absolute Gasteiger partial charge is 0.481 e. The summed E-state index contributed by atoms with van der Waals surface area (Å²) in [4.78, 5) is 20.8. The molecule has 0 aliphatic carbocycles. The molecule has 0 aliphatic heterocycles. The molecule has 1 unspecified atom stereocenters. The number of nitro groups is 1. The van der Waals surface area contributed by atoms with Gasteiger partial charge in [-0.3, -0.25) is 14.9 Å². The van der Waals surface area contributed by atoms with Crippen molar-refractivity contribution < 1.29 is 23.2 Å². The van der Waals surface area contributed by atoms with E-state index in [1.807, 2.05) is 0 Å². The third-order valence-electron chi connectivity index (χ3n) is 2.54. The molecule has 1 aromatic carbocycles. The quantitative estimate of drug-likeness (QED) is 0.632. The number of carboxylic acids is 1. The Labute approximate surface area is 120 Å². The summed E-state index contributed by atoms with van der Waals surface area (Å²) in [6.07, 6.45) is 0. The van der Waals surface area contributed by atoms with Crippen LogP contribution in [-0.2, 0) is 20.4 Å². The zero-order chi connectivity index (χ0) is 15.5. The van der Waals surface area contributed by atoms with E-state index in [2.05, 4.69) is 0 Å². The van der Waals surface area contributed by atoms with Crippen LogP contribution in [0.5, 0.6) is 0 Å². The smallest absolute Gasteiger partial charge is 0.307 e. The van der Waals surface area contributed by atoms with E-state index in [1.54, 1.807) is 0 Å². The molecule has 0 fully saturated rings. The summed E-state index contributed by atoms with van der Waals surface area (Å²) in [6.45, 7) is 1.26. The van der Waals surface area contributed by atoms with Gasteiger partial charge >= 0.3 is 5.97 Å². The van der Waals surface area contributed by atoms with Gasteiger partial charge in [0.15, 0.2) is 9.84 Å². The van der Waals surface area contributed by atoms with E-state index in [1.165, 1.54) is 19.1 Å². The van der Waals surface area contributed by atoms with Gasteiger partial charge in [-0.1, -0.05) is 18.5 Å². The van der Waals surface area contributed by atoms with Crippen LogP contribution in [-0.4, -0.2) is 30.2 Å². The van der Waals surface area contributed by atoms with E-state index >= 15 is 0 Å². The summed E-state index contributed by atoms with van der Waals surface area (Å²) in [5.74, 6) is -3.54. The van der Waals surface area contributed by atoms with Crippen LogP contribution >= 0.6 is 11.6 Å². The molecule has 9 heteroatoms. The van der Waals surface area contributed by atoms with Crippen molar-refractivity contribution in [1.29, 1.82) is 0 Å². The van der Waals surface area contributed by atoms with Crippen molar-refractivity contribution in [3.63, 3.8) is 0 Å². The first-order chi connectivity index (χ1) is 9.12. The Bertz CT molecular complexity index is 642. The minimum Gasteiger partial charge on any atom is -0.481 e. The Morgan fingerprint density at radius 1 is 1.50 bits per heavy atom. The highest BCUT2D eigenvalue weighted by Gasteiger charge is 2.25. The molecule has 0 aliphatic rings. The second kappa shape index (κ2) is 6.19. The van der Waals surface area contributed by atoms with Gasteiger partial charge in [0, 0.05) is 16.7 Å². The predicted molar refractivity (Wildman–Crippen MR) is 72.4 cm³/mol. The summed E-state index contributed by atoms with van der Waals surface area (Å²) >= 11 is 5.70. The Balaban J connectivity index is 3.06. The third kappa shape index (κ3) is 4.46. The zero-order valence-electron chi connectivity index (χ0n) is 10.4. The van der Waals surface area contributed by atoms with Gasteiger partial charge in [0.25, 0.3) is 5.69 Å². The van der Waals surface area contributed by atoms with Crippen LogP contribution in [0.4, 0.5) is 5.69 Å². The van der Waals surface area contributed by atoms with E-state index in [0.29, 0.717) is 0 Å². The Morgan fingerprint density at radius 3 is 2.60 bits per heavy atom. The topological polar surface area (TPSA) is 115 Å². The molecule has 0 aromatic heterocycles. The van der Waals surface area contributed by atoms with Gasteiger partial charge in [-0.25, -0.2) is 8.42 Å². The highest BCUT2D eigenvalue weighted by molar-refractivity contribution is 7.90. The maximum atomic E-state index is 11.9. The van der Waals surface area contributed by atoms with E-state index in [4.69, 9.17) is 16.7 Å². The van der Waals surface area contributed by atoms with Crippen LogP contribution in [0.15, 0.2) is 18.2 Å². The average molecular weight is 322 g/mol. The number of sulfone groups is 1. The van der Waals surface area contributed by atoms with Gasteiger partial charge in [-0.05, 0) is 12.1 Å². The van der Waals surface area contributed by atoms with Gasteiger partial charge in [-0.2, -0.15) is 0 Å². The van der Waals surface area contributed by atoms with E-state index in [0.717, 1.165) is 6.07 Å². The molecule has 110 valence electrons. The van der Waals surface area contributed by atoms with Crippen LogP contribution in [0, 0.1) is 16.0 Å². The molecule has 0 bridgehead atoms. The van der Waals surface area contributed by atoms with Crippen LogP contribution in [0.3, 0.4) is 0 Å². The van der Waals surface area contributed by atoms with E-state index in [9.17, 15) is 23.3 Å². The van der Waals surface area contributed by atoms with Crippen LogP contribution in [0.2, 0.25) is 5.02 Å². The lowest BCUT2D eigenvalue weighted by Gasteiger charge is -2.08. The molecule has 7 nitrogen and oxygen atoms in total. The fourth-order valence-corrected chi connectivity index (χ4v) is 3.52. The third-order valence-corrected chi connectivity index (χ3v) is 4.53. The maximum absolute atomic E-state index is 11.9. The summed E-state index contributed by atoms with van der Waals surface area (Å²) in [7, 11) is -3.80. The average Bonchev–Trinajstić information content (AvgIpc) is 2.26. The van der Waals surface area contributed by atoms with Gasteiger partial charge in [0.1, 0.15) is 0 Å². The first kappa shape index (κ1) is 16.4. The molecule has 0 saturated heterocycles. The number of hydrogen-bond donors (Lipinski definition) is 1. The van der Waals surface area contributed by atoms with Gasteiger partial charge < -0.3 is 5.11 Å². The lowest BCUT2D eigenvalue weighted by molar-refractivity contribution is -0.385. The zero-order valence-corrected chi connectivity index (χ0v) is 12.0. The first-order valence-electron chi connectivity index (χ1n) is 5.48. The van der Waals surface area contributed by atoms with Gasteiger partial charge in [0.05, 0.1) is 22.3 Å². The number of nitrogens with zero attached hydrogens (tertiary/aromatic N) is 1. The number of benzene rings is 1. The van der Waals surface area contributed by atoms with Crippen molar-refractivity contribution in [2.45, 2.75) is 12.7 Å². The molecule has 20 heavy (non-hydrogen) atoms. The molecule has 1 aromatic rings. The fraction of sp³-hybridized carbons (Fsp3) is 0.364. The Morgan fingerprint density at radius 2 is 2.10 bits per heavy atom. The number of carbonyl (C=O) groups is 1. The van der Waals surface area contributed by atoms with Crippen molar-refractivity contribution in [2.24, 2.45) is 5.92 Å². The number of carboxylic acid groups (broad SMARTS) is 1. The lowest BCUT2D eigenvalue weighted by atomic mass is 10.2. The minimum atomic E-state index is -3.80. The summed E-state index contributed by atoms with van der Waals surface area (Å²) in [5, 5.41) is 19.7. The van der Waals surface area contributed by atoms with Gasteiger partial charge in [0.2, 0.25) is 0 Å². The molecule has 1 rings (SSSR count). The molecule has 0 radical (unpaired) electrons. The van der Waals surface area contributed by atoms with Crippen LogP contribution < -0.4 is 0 Å². The number of aliphatic carboxylic acids is 1. The number of halogens is 1. The first-order valence-corrected chi connectivity index (χ1v) is 7.68. The van der Waals surface area contributed by atoms with E-state index < -0.39 is 38.2 Å². The second-order valence-corrected chi connectivity index (χ2v) is 6.87. The minimum absolute atomic E-state index is 0.0555. The summed E-state index contributed by atoms with van der Waals surface area (Å²) < 4.78 is 23.7. The SMILES string of the molecule is CC(CS(=O)(=O)Cc1cc(Cl)ccc1[N+](=O)[O-])C(=O)O. The second-order valence-electron chi connectivity index (χ2n) is 4.32.